The van der Waals surface area contributed by atoms with E-state index in [-0.39, 0.29) is 5.91 Å². The Hall–Kier alpha value is -1.07. The van der Waals surface area contributed by atoms with Crippen LogP contribution in [0.25, 0.3) is 0 Å². The van der Waals surface area contributed by atoms with Crippen molar-refractivity contribution < 1.29 is 4.79 Å². The Morgan fingerprint density at radius 1 is 1.71 bits per heavy atom. The van der Waals surface area contributed by atoms with Gasteiger partial charge in [0, 0.05) is 12.5 Å². The molecule has 1 aromatic heterocycles. The Labute approximate surface area is 86.2 Å². The predicted octanol–water partition coefficient (Wildman–Crippen LogP) is 0.611. The molecule has 1 aromatic rings. The molecule has 0 spiro atoms. The number of rotatable bonds is 3. The average Bonchev–Trinajstić information content (AvgIpc) is 2.44. The maximum atomic E-state index is 11.4. The Balaban J connectivity index is 1.81. The smallest absolute Gasteiger partial charge is 0.225 e. The van der Waals surface area contributed by atoms with E-state index >= 15 is 0 Å². The van der Waals surface area contributed by atoms with Crippen molar-refractivity contribution >= 4 is 23.3 Å². The number of nitrogens with one attached hydrogen (secondary N) is 3. The Kier molecular flexibility index (Phi) is 2.69. The average molecular weight is 215 g/mol. The lowest BCUT2D eigenvalue weighted by Gasteiger charge is -2.26. The van der Waals surface area contributed by atoms with Crippen LogP contribution in [-0.2, 0) is 4.79 Å². The molecule has 0 unspecified atom stereocenters. The van der Waals surface area contributed by atoms with Gasteiger partial charge in [0.25, 0.3) is 0 Å². The zero-order valence-electron chi connectivity index (χ0n) is 7.51. The van der Waals surface area contributed by atoms with Gasteiger partial charge in [0.15, 0.2) is 5.82 Å². The lowest BCUT2D eigenvalue weighted by atomic mass is 9.99. The van der Waals surface area contributed by atoms with Gasteiger partial charge in [0.2, 0.25) is 5.91 Å². The third-order valence-corrected chi connectivity index (χ3v) is 2.35. The summed E-state index contributed by atoms with van der Waals surface area (Å²) in [5.74, 6) is 0.927. The number of amides is 1. The number of carbonyl (C=O) groups excluding carboxylic acids is 1. The molecular weight excluding hydrogens is 204 g/mol. The maximum Gasteiger partial charge on any atom is 0.225 e. The molecule has 0 saturated carbocycles. The van der Waals surface area contributed by atoms with Gasteiger partial charge >= 0.3 is 0 Å². The molecule has 14 heavy (non-hydrogen) atoms. The highest BCUT2D eigenvalue weighted by Gasteiger charge is 2.20. The molecule has 0 aromatic carbocycles. The molecule has 1 fully saturated rings. The lowest BCUT2D eigenvalue weighted by Crippen LogP contribution is -2.43. The monoisotopic (exact) mass is 214 g/mol. The molecule has 0 radical (unpaired) electrons. The van der Waals surface area contributed by atoms with E-state index in [1.54, 1.807) is 6.07 Å². The first kappa shape index (κ1) is 9.48. The van der Waals surface area contributed by atoms with Crippen LogP contribution in [0, 0.1) is 5.92 Å². The van der Waals surface area contributed by atoms with E-state index in [1.807, 2.05) is 0 Å². The summed E-state index contributed by atoms with van der Waals surface area (Å²) in [7, 11) is 0. The highest BCUT2D eigenvalue weighted by atomic mass is 35.5. The third kappa shape index (κ3) is 2.24. The molecule has 0 atom stereocenters. The Morgan fingerprint density at radius 3 is 3.00 bits per heavy atom. The molecule has 1 aliphatic heterocycles. The molecule has 2 heterocycles. The van der Waals surface area contributed by atoms with E-state index in [4.69, 9.17) is 11.6 Å². The molecule has 5 nitrogen and oxygen atoms in total. The second-order valence-electron chi connectivity index (χ2n) is 3.38. The zero-order valence-corrected chi connectivity index (χ0v) is 8.27. The van der Waals surface area contributed by atoms with Gasteiger partial charge in [-0.15, -0.1) is 0 Å². The van der Waals surface area contributed by atoms with E-state index in [0.717, 1.165) is 13.1 Å². The van der Waals surface area contributed by atoms with Crippen LogP contribution in [0.1, 0.15) is 6.42 Å². The minimum absolute atomic E-state index is 0.0142. The number of H-pyrrole nitrogens is 1. The van der Waals surface area contributed by atoms with E-state index in [9.17, 15) is 4.79 Å². The second-order valence-corrected chi connectivity index (χ2v) is 3.78. The molecule has 1 saturated heterocycles. The lowest BCUT2D eigenvalue weighted by molar-refractivity contribution is -0.117. The molecule has 1 aliphatic rings. The first-order chi connectivity index (χ1) is 6.74. The highest BCUT2D eigenvalue weighted by Crippen LogP contribution is 2.12. The number of hydrogen-bond acceptors (Lipinski definition) is 3. The van der Waals surface area contributed by atoms with E-state index < -0.39 is 0 Å². The Bertz CT molecular complexity index is 334. The van der Waals surface area contributed by atoms with Crippen LogP contribution in [-0.4, -0.2) is 29.2 Å². The quantitative estimate of drug-likeness (QED) is 0.691. The molecule has 2 rings (SSSR count). The minimum Gasteiger partial charge on any atom is -0.316 e. The molecule has 0 aliphatic carbocycles. The number of nitrogens with zero attached hydrogens (tertiary/aromatic N) is 1. The molecular formula is C8H11ClN4O. The second kappa shape index (κ2) is 3.98. The van der Waals surface area contributed by atoms with Crippen LogP contribution in [0.3, 0.4) is 0 Å². The topological polar surface area (TPSA) is 69.8 Å². The summed E-state index contributed by atoms with van der Waals surface area (Å²) in [6.45, 7) is 1.85. The van der Waals surface area contributed by atoms with Gasteiger partial charge in [-0.25, -0.2) is 0 Å². The minimum atomic E-state index is -0.0142. The van der Waals surface area contributed by atoms with Crippen LogP contribution in [0.4, 0.5) is 5.82 Å². The van der Waals surface area contributed by atoms with Gasteiger partial charge in [-0.05, 0) is 19.0 Å². The van der Waals surface area contributed by atoms with E-state index in [2.05, 4.69) is 20.8 Å². The maximum absolute atomic E-state index is 11.4. The van der Waals surface area contributed by atoms with Gasteiger partial charge in [0.1, 0.15) is 5.15 Å². The van der Waals surface area contributed by atoms with Crippen molar-refractivity contribution in [3.63, 3.8) is 0 Å². The summed E-state index contributed by atoms with van der Waals surface area (Å²) in [4.78, 5) is 11.4. The SMILES string of the molecule is O=C(CC1CNC1)Nc1cc(Cl)[nH]n1. The summed E-state index contributed by atoms with van der Waals surface area (Å²) in [6, 6.07) is 1.58. The summed E-state index contributed by atoms with van der Waals surface area (Å²) in [5, 5.41) is 12.5. The van der Waals surface area contributed by atoms with Gasteiger partial charge < -0.3 is 10.6 Å². The number of aromatic amines is 1. The number of aromatic nitrogens is 2. The van der Waals surface area contributed by atoms with Crippen molar-refractivity contribution in [2.75, 3.05) is 18.4 Å². The van der Waals surface area contributed by atoms with E-state index in [0.29, 0.717) is 23.3 Å². The molecule has 3 N–H and O–H groups in total. The summed E-state index contributed by atoms with van der Waals surface area (Å²) in [5.41, 5.74) is 0. The first-order valence-electron chi connectivity index (χ1n) is 4.45. The van der Waals surface area contributed by atoms with Crippen molar-refractivity contribution in [2.24, 2.45) is 5.92 Å². The van der Waals surface area contributed by atoms with Crippen LogP contribution in [0.5, 0.6) is 0 Å². The number of carbonyl (C=O) groups is 1. The normalized spacial score (nSPS) is 16.4. The fourth-order valence-electron chi connectivity index (χ4n) is 1.31. The highest BCUT2D eigenvalue weighted by molar-refractivity contribution is 6.29. The molecule has 76 valence electrons. The van der Waals surface area contributed by atoms with Crippen molar-refractivity contribution in [1.82, 2.24) is 15.5 Å². The third-order valence-electron chi connectivity index (χ3n) is 2.15. The number of hydrogen-bond donors (Lipinski definition) is 3. The zero-order chi connectivity index (χ0) is 9.97. The van der Waals surface area contributed by atoms with Crippen LogP contribution < -0.4 is 10.6 Å². The molecule has 0 bridgehead atoms. The van der Waals surface area contributed by atoms with Gasteiger partial charge in [-0.3, -0.25) is 9.89 Å². The summed E-state index contributed by atoms with van der Waals surface area (Å²) in [6.07, 6.45) is 0.539. The molecule has 1 amide bonds. The standard InChI is InChI=1S/C8H11ClN4O/c9-6-2-7(13-12-6)11-8(14)1-5-3-10-4-5/h2,5,10H,1,3-4H2,(H2,11,12,13,14). The predicted molar refractivity (Wildman–Crippen MR) is 53.2 cm³/mol. The van der Waals surface area contributed by atoms with Gasteiger partial charge in [0.05, 0.1) is 0 Å². The fraction of sp³-hybridized carbons (Fsp3) is 0.500. The number of anilines is 1. The largest absolute Gasteiger partial charge is 0.316 e. The van der Waals surface area contributed by atoms with E-state index in [1.165, 1.54) is 0 Å². The van der Waals surface area contributed by atoms with Crippen molar-refractivity contribution in [1.29, 1.82) is 0 Å². The summed E-state index contributed by atoms with van der Waals surface area (Å²) >= 11 is 5.61. The van der Waals surface area contributed by atoms with Crippen LogP contribution in [0.2, 0.25) is 5.15 Å². The van der Waals surface area contributed by atoms with Crippen molar-refractivity contribution in [3.8, 4) is 0 Å². The first-order valence-corrected chi connectivity index (χ1v) is 4.83. The molecule has 6 heteroatoms. The van der Waals surface area contributed by atoms with Crippen molar-refractivity contribution in [2.45, 2.75) is 6.42 Å². The van der Waals surface area contributed by atoms with Gasteiger partial charge in [-0.2, -0.15) is 5.10 Å². The van der Waals surface area contributed by atoms with Crippen molar-refractivity contribution in [3.05, 3.63) is 11.2 Å². The summed E-state index contributed by atoms with van der Waals surface area (Å²) < 4.78 is 0. The van der Waals surface area contributed by atoms with Crippen LogP contribution in [0.15, 0.2) is 6.07 Å². The number of halogens is 1. The Morgan fingerprint density at radius 2 is 2.50 bits per heavy atom. The fourth-order valence-corrected chi connectivity index (χ4v) is 1.46. The van der Waals surface area contributed by atoms with Crippen LogP contribution >= 0.6 is 11.6 Å². The van der Waals surface area contributed by atoms with Gasteiger partial charge in [-0.1, -0.05) is 11.6 Å².